The lowest BCUT2D eigenvalue weighted by atomic mass is 10.1. The maximum Gasteiger partial charge on any atom is 0.339 e. The van der Waals surface area contributed by atoms with Crippen LogP contribution in [0.5, 0.6) is 0 Å². The van der Waals surface area contributed by atoms with Gasteiger partial charge in [0.2, 0.25) is 0 Å². The van der Waals surface area contributed by atoms with E-state index in [4.69, 9.17) is 9.47 Å². The minimum absolute atomic E-state index is 0.258. The number of rotatable bonds is 13. The predicted octanol–water partition coefficient (Wildman–Crippen LogP) is 5.33. The minimum Gasteiger partial charge on any atom is -0.462 e. The average molecular weight is 346 g/mol. The molecule has 1 aromatic rings. The number of hydrogen-bond acceptors (Lipinski definition) is 4. The second kappa shape index (κ2) is 13.2. The number of allylic oxidation sites excluding steroid dienone is 1. The molecular weight excluding hydrogens is 316 g/mol. The van der Waals surface area contributed by atoms with E-state index in [1.807, 2.05) is 0 Å². The van der Waals surface area contributed by atoms with Crippen molar-refractivity contribution in [3.63, 3.8) is 0 Å². The van der Waals surface area contributed by atoms with E-state index in [9.17, 15) is 9.59 Å². The third-order valence-corrected chi connectivity index (χ3v) is 3.88. The molecule has 1 rings (SSSR count). The maximum atomic E-state index is 12.2. The fourth-order valence-electron chi connectivity index (χ4n) is 2.43. The first-order valence-electron chi connectivity index (χ1n) is 9.24. The topological polar surface area (TPSA) is 52.6 Å². The second-order valence-corrected chi connectivity index (χ2v) is 6.02. The van der Waals surface area contributed by atoms with Crippen LogP contribution in [0.25, 0.3) is 0 Å². The fourth-order valence-corrected chi connectivity index (χ4v) is 2.43. The highest BCUT2D eigenvalue weighted by atomic mass is 16.5. The molecule has 138 valence electrons. The Hall–Kier alpha value is -2.10. The van der Waals surface area contributed by atoms with Crippen LogP contribution in [0.4, 0.5) is 0 Å². The molecule has 0 atom stereocenters. The number of ether oxygens (including phenoxy) is 2. The van der Waals surface area contributed by atoms with Crippen LogP contribution in [0, 0.1) is 0 Å². The molecule has 4 heteroatoms. The molecule has 0 radical (unpaired) electrons. The summed E-state index contributed by atoms with van der Waals surface area (Å²) in [6.45, 7) is 6.51. The molecule has 0 aliphatic heterocycles. The summed E-state index contributed by atoms with van der Waals surface area (Å²) < 4.78 is 10.5. The van der Waals surface area contributed by atoms with Crippen molar-refractivity contribution in [3.8, 4) is 0 Å². The van der Waals surface area contributed by atoms with Gasteiger partial charge in [-0.1, -0.05) is 57.2 Å². The Morgan fingerprint density at radius 3 is 1.96 bits per heavy atom. The van der Waals surface area contributed by atoms with Crippen LogP contribution in [0.2, 0.25) is 0 Å². The van der Waals surface area contributed by atoms with E-state index in [1.165, 1.54) is 25.7 Å². The van der Waals surface area contributed by atoms with Crippen molar-refractivity contribution in [1.82, 2.24) is 0 Å². The average Bonchev–Trinajstić information content (AvgIpc) is 2.64. The largest absolute Gasteiger partial charge is 0.462 e. The summed E-state index contributed by atoms with van der Waals surface area (Å²) in [6, 6.07) is 6.63. The van der Waals surface area contributed by atoms with Gasteiger partial charge in [0.05, 0.1) is 24.3 Å². The van der Waals surface area contributed by atoms with Gasteiger partial charge in [0.25, 0.3) is 0 Å². The van der Waals surface area contributed by atoms with E-state index in [-0.39, 0.29) is 11.1 Å². The Morgan fingerprint density at radius 2 is 1.40 bits per heavy atom. The zero-order valence-corrected chi connectivity index (χ0v) is 15.3. The Morgan fingerprint density at radius 1 is 0.880 bits per heavy atom. The Bertz CT molecular complexity index is 536. The Kier molecular flexibility index (Phi) is 11.1. The van der Waals surface area contributed by atoms with Crippen LogP contribution >= 0.6 is 0 Å². The molecule has 0 aliphatic rings. The lowest BCUT2D eigenvalue weighted by molar-refractivity contribution is 0.0452. The van der Waals surface area contributed by atoms with Gasteiger partial charge in [0.1, 0.15) is 0 Å². The van der Waals surface area contributed by atoms with Crippen molar-refractivity contribution in [3.05, 3.63) is 48.0 Å². The zero-order chi connectivity index (χ0) is 18.3. The van der Waals surface area contributed by atoms with Crippen LogP contribution in [0.15, 0.2) is 36.9 Å². The standard InChI is InChI=1S/C21H30O4/c1-3-5-7-8-9-13-17-25-21(23)19-15-11-10-14-18(19)20(22)24-16-12-6-4-2/h4,10-11,14-15H,2-3,5-9,12-13,16-17H2,1H3. The van der Waals surface area contributed by atoms with Crippen LogP contribution in [0.3, 0.4) is 0 Å². The van der Waals surface area contributed by atoms with Crippen LogP contribution in [-0.4, -0.2) is 25.2 Å². The molecule has 0 heterocycles. The minimum atomic E-state index is -0.490. The highest BCUT2D eigenvalue weighted by Crippen LogP contribution is 2.13. The van der Waals surface area contributed by atoms with Gasteiger partial charge in [0, 0.05) is 0 Å². The normalized spacial score (nSPS) is 10.3. The summed E-state index contributed by atoms with van der Waals surface area (Å²) in [4.78, 5) is 24.4. The van der Waals surface area contributed by atoms with E-state index < -0.39 is 11.9 Å². The SMILES string of the molecule is C=CCCCOC(=O)c1ccccc1C(=O)OCCCCCCCC. The summed E-state index contributed by atoms with van der Waals surface area (Å²) in [5.74, 6) is -0.955. The van der Waals surface area contributed by atoms with Crippen LogP contribution < -0.4 is 0 Å². The Balaban J connectivity index is 2.44. The first kappa shape index (κ1) is 20.9. The second-order valence-electron chi connectivity index (χ2n) is 6.02. The molecule has 0 fully saturated rings. The fraction of sp³-hybridized carbons (Fsp3) is 0.524. The molecule has 25 heavy (non-hydrogen) atoms. The molecule has 0 saturated heterocycles. The van der Waals surface area contributed by atoms with Gasteiger partial charge in [-0.25, -0.2) is 9.59 Å². The first-order chi connectivity index (χ1) is 12.2. The lowest BCUT2D eigenvalue weighted by Gasteiger charge is -2.09. The molecule has 1 aromatic carbocycles. The molecule has 0 saturated carbocycles. The molecule has 0 N–H and O–H groups in total. The molecule has 0 amide bonds. The van der Waals surface area contributed by atoms with E-state index in [1.54, 1.807) is 30.3 Å². The molecule has 0 bridgehead atoms. The predicted molar refractivity (Wildman–Crippen MR) is 99.8 cm³/mol. The van der Waals surface area contributed by atoms with Crippen molar-refractivity contribution in [2.24, 2.45) is 0 Å². The molecular formula is C21H30O4. The summed E-state index contributed by atoms with van der Waals surface area (Å²) in [5.41, 5.74) is 0.524. The van der Waals surface area contributed by atoms with Gasteiger partial charge in [0.15, 0.2) is 0 Å². The molecule has 0 spiro atoms. The van der Waals surface area contributed by atoms with Gasteiger partial charge < -0.3 is 9.47 Å². The van der Waals surface area contributed by atoms with Gasteiger partial charge in [-0.15, -0.1) is 6.58 Å². The van der Waals surface area contributed by atoms with Gasteiger partial charge in [-0.05, 0) is 31.4 Å². The maximum absolute atomic E-state index is 12.2. The monoisotopic (exact) mass is 346 g/mol. The number of carbonyl (C=O) groups is 2. The number of esters is 2. The lowest BCUT2D eigenvalue weighted by Crippen LogP contribution is -2.15. The van der Waals surface area contributed by atoms with E-state index in [0.29, 0.717) is 13.2 Å². The summed E-state index contributed by atoms with van der Waals surface area (Å²) >= 11 is 0. The zero-order valence-electron chi connectivity index (χ0n) is 15.3. The van der Waals surface area contributed by atoms with Gasteiger partial charge >= 0.3 is 11.9 Å². The van der Waals surface area contributed by atoms with Crippen molar-refractivity contribution in [1.29, 1.82) is 0 Å². The number of unbranched alkanes of at least 4 members (excludes halogenated alkanes) is 6. The van der Waals surface area contributed by atoms with Crippen molar-refractivity contribution in [2.75, 3.05) is 13.2 Å². The summed E-state index contributed by atoms with van der Waals surface area (Å²) in [7, 11) is 0. The number of carbonyl (C=O) groups excluding carboxylic acids is 2. The van der Waals surface area contributed by atoms with E-state index in [0.717, 1.165) is 25.7 Å². The number of hydrogen-bond donors (Lipinski definition) is 0. The van der Waals surface area contributed by atoms with Crippen LogP contribution in [-0.2, 0) is 9.47 Å². The molecule has 0 aliphatic carbocycles. The van der Waals surface area contributed by atoms with Gasteiger partial charge in [-0.3, -0.25) is 0 Å². The van der Waals surface area contributed by atoms with E-state index in [2.05, 4.69) is 13.5 Å². The van der Waals surface area contributed by atoms with Crippen molar-refractivity contribution < 1.29 is 19.1 Å². The Labute approximate surface area is 151 Å². The third kappa shape index (κ3) is 8.52. The molecule has 4 nitrogen and oxygen atoms in total. The van der Waals surface area contributed by atoms with Gasteiger partial charge in [-0.2, -0.15) is 0 Å². The summed E-state index contributed by atoms with van der Waals surface area (Å²) in [5, 5.41) is 0. The highest BCUT2D eigenvalue weighted by Gasteiger charge is 2.18. The van der Waals surface area contributed by atoms with Crippen molar-refractivity contribution in [2.45, 2.75) is 58.3 Å². The summed E-state index contributed by atoms with van der Waals surface area (Å²) in [6.07, 6.45) is 10.1. The third-order valence-electron chi connectivity index (χ3n) is 3.88. The first-order valence-corrected chi connectivity index (χ1v) is 9.24. The quantitative estimate of drug-likeness (QED) is 0.275. The van der Waals surface area contributed by atoms with Crippen LogP contribution in [0.1, 0.15) is 79.0 Å². The van der Waals surface area contributed by atoms with E-state index >= 15 is 0 Å². The highest BCUT2D eigenvalue weighted by molar-refractivity contribution is 6.03. The smallest absolute Gasteiger partial charge is 0.339 e. The molecule has 0 aromatic heterocycles. The molecule has 0 unspecified atom stereocenters. The van der Waals surface area contributed by atoms with Crippen molar-refractivity contribution >= 4 is 11.9 Å². The number of benzene rings is 1.